The van der Waals surface area contributed by atoms with Gasteiger partial charge in [0.15, 0.2) is 11.2 Å². The summed E-state index contributed by atoms with van der Waals surface area (Å²) >= 11 is 0. The number of amides is 1. The van der Waals surface area contributed by atoms with Crippen molar-refractivity contribution in [3.8, 4) is 0 Å². The lowest BCUT2D eigenvalue weighted by molar-refractivity contribution is -0.183. The number of nitrogens with one attached hydrogen (secondary N) is 1. The number of rotatable bonds is 1. The van der Waals surface area contributed by atoms with Crippen molar-refractivity contribution < 1.29 is 14.3 Å². The molecule has 3 heterocycles. The molecule has 102 valence electrons. The van der Waals surface area contributed by atoms with Crippen LogP contribution in [0.2, 0.25) is 0 Å². The summed E-state index contributed by atoms with van der Waals surface area (Å²) in [5.74, 6) is -0.921. The van der Waals surface area contributed by atoms with Gasteiger partial charge in [-0.1, -0.05) is 0 Å². The van der Waals surface area contributed by atoms with E-state index >= 15 is 0 Å². The Bertz CT molecular complexity index is 533. The van der Waals surface area contributed by atoms with Crippen LogP contribution in [0.3, 0.4) is 0 Å². The molecule has 1 N–H and O–H groups in total. The van der Waals surface area contributed by atoms with Crippen LogP contribution in [0.5, 0.6) is 0 Å². The number of piperidine rings is 1. The maximum absolute atomic E-state index is 12.4. The smallest absolute Gasteiger partial charge is 0.259 e. The van der Waals surface area contributed by atoms with Crippen LogP contribution >= 0.6 is 0 Å². The van der Waals surface area contributed by atoms with Gasteiger partial charge in [-0.05, 0) is 6.42 Å². The van der Waals surface area contributed by atoms with Crippen molar-refractivity contribution in [1.82, 2.24) is 9.88 Å². The fourth-order valence-corrected chi connectivity index (χ4v) is 2.65. The molecule has 0 saturated carbocycles. The van der Waals surface area contributed by atoms with Crippen LogP contribution in [-0.4, -0.2) is 47.9 Å². The third-order valence-corrected chi connectivity index (χ3v) is 3.57. The molecule has 2 aliphatic heterocycles. The summed E-state index contributed by atoms with van der Waals surface area (Å²) < 4.78 is 11.3. The predicted molar refractivity (Wildman–Crippen MR) is 66.8 cm³/mol. The molecule has 0 aliphatic carbocycles. The lowest BCUT2D eigenvalue weighted by Gasteiger charge is -2.38. The molecular formula is C13H16N2O4. The van der Waals surface area contributed by atoms with E-state index in [-0.39, 0.29) is 16.9 Å². The average molecular weight is 264 g/mol. The van der Waals surface area contributed by atoms with Gasteiger partial charge in [-0.15, -0.1) is 0 Å². The van der Waals surface area contributed by atoms with Crippen molar-refractivity contribution in [2.24, 2.45) is 0 Å². The number of hydrogen-bond donors (Lipinski definition) is 1. The molecule has 6 heteroatoms. The molecule has 0 bridgehead atoms. The summed E-state index contributed by atoms with van der Waals surface area (Å²) in [6.07, 6.45) is 4.57. The van der Waals surface area contributed by atoms with Crippen LogP contribution in [0.25, 0.3) is 0 Å². The monoisotopic (exact) mass is 264 g/mol. The van der Waals surface area contributed by atoms with E-state index < -0.39 is 5.79 Å². The summed E-state index contributed by atoms with van der Waals surface area (Å²) in [5, 5.41) is 0. The van der Waals surface area contributed by atoms with E-state index in [1.165, 1.54) is 18.5 Å². The van der Waals surface area contributed by atoms with Crippen molar-refractivity contribution in [3.63, 3.8) is 0 Å². The van der Waals surface area contributed by atoms with Gasteiger partial charge in [-0.2, -0.15) is 0 Å². The van der Waals surface area contributed by atoms with E-state index in [0.717, 1.165) is 12.8 Å². The van der Waals surface area contributed by atoms with Gasteiger partial charge in [-0.3, -0.25) is 9.59 Å². The Morgan fingerprint density at radius 3 is 2.89 bits per heavy atom. The lowest BCUT2D eigenvalue weighted by Crippen LogP contribution is -2.51. The first-order valence-electron chi connectivity index (χ1n) is 6.45. The molecule has 3 rings (SSSR count). The maximum atomic E-state index is 12.4. The minimum Gasteiger partial charge on any atom is -0.367 e. The number of hydrogen-bond acceptors (Lipinski definition) is 4. The summed E-state index contributed by atoms with van der Waals surface area (Å²) in [4.78, 5) is 28.5. The van der Waals surface area contributed by atoms with Crippen LogP contribution < -0.4 is 5.43 Å². The number of carbonyl (C=O) groups excluding carboxylic acids is 1. The number of aromatic amines is 1. The van der Waals surface area contributed by atoms with Crippen LogP contribution in [0.1, 0.15) is 23.2 Å². The number of H-pyrrole nitrogens is 1. The minimum absolute atomic E-state index is 0.164. The molecule has 2 saturated heterocycles. The molecule has 1 aromatic rings. The van der Waals surface area contributed by atoms with Gasteiger partial charge in [0.05, 0.1) is 19.8 Å². The number of likely N-dealkylation sites (tertiary alicyclic amines) is 1. The normalized spacial score (nSPS) is 21.8. The highest BCUT2D eigenvalue weighted by atomic mass is 16.7. The Balaban J connectivity index is 1.80. The van der Waals surface area contributed by atoms with Crippen molar-refractivity contribution >= 4 is 5.91 Å². The van der Waals surface area contributed by atoms with Crippen LogP contribution in [0, 0.1) is 0 Å². The van der Waals surface area contributed by atoms with Crippen molar-refractivity contribution in [2.45, 2.75) is 18.6 Å². The van der Waals surface area contributed by atoms with E-state index in [0.29, 0.717) is 26.3 Å². The molecular weight excluding hydrogens is 248 g/mol. The van der Waals surface area contributed by atoms with E-state index in [1.54, 1.807) is 4.90 Å². The molecule has 0 unspecified atom stereocenters. The first-order valence-corrected chi connectivity index (χ1v) is 6.45. The third-order valence-electron chi connectivity index (χ3n) is 3.57. The second-order valence-electron chi connectivity index (χ2n) is 4.86. The number of carbonyl (C=O) groups is 1. The fraction of sp³-hybridized carbons (Fsp3) is 0.538. The number of aromatic nitrogens is 1. The van der Waals surface area contributed by atoms with Gasteiger partial charge in [-0.25, -0.2) is 0 Å². The van der Waals surface area contributed by atoms with Crippen molar-refractivity contribution in [1.29, 1.82) is 0 Å². The highest BCUT2D eigenvalue weighted by molar-refractivity contribution is 5.93. The zero-order chi connectivity index (χ0) is 13.3. The van der Waals surface area contributed by atoms with Gasteiger partial charge in [0, 0.05) is 31.4 Å². The summed E-state index contributed by atoms with van der Waals surface area (Å²) in [7, 11) is 0. The van der Waals surface area contributed by atoms with Crippen LogP contribution in [0.15, 0.2) is 23.3 Å². The highest BCUT2D eigenvalue weighted by Crippen LogP contribution is 2.30. The van der Waals surface area contributed by atoms with Gasteiger partial charge in [0.1, 0.15) is 5.56 Å². The Morgan fingerprint density at radius 2 is 2.16 bits per heavy atom. The molecule has 6 nitrogen and oxygen atoms in total. The first kappa shape index (κ1) is 12.4. The third kappa shape index (κ3) is 2.29. The molecule has 2 aliphatic rings. The lowest BCUT2D eigenvalue weighted by atomic mass is 10.0. The zero-order valence-electron chi connectivity index (χ0n) is 10.6. The van der Waals surface area contributed by atoms with E-state index in [9.17, 15) is 9.59 Å². The van der Waals surface area contributed by atoms with Gasteiger partial charge >= 0.3 is 0 Å². The van der Waals surface area contributed by atoms with Crippen LogP contribution in [0.4, 0.5) is 0 Å². The summed E-state index contributed by atoms with van der Waals surface area (Å²) in [6.45, 7) is 2.14. The van der Waals surface area contributed by atoms with E-state index in [1.807, 2.05) is 0 Å². The first-order chi connectivity index (χ1) is 9.20. The quantitative estimate of drug-likeness (QED) is 0.794. The molecule has 1 amide bonds. The van der Waals surface area contributed by atoms with Crippen LogP contribution in [-0.2, 0) is 9.47 Å². The molecule has 0 atom stereocenters. The largest absolute Gasteiger partial charge is 0.367 e. The predicted octanol–water partition coefficient (Wildman–Crippen LogP) is 0.354. The molecule has 0 radical (unpaired) electrons. The molecule has 1 spiro atoms. The minimum atomic E-state index is -0.657. The second kappa shape index (κ2) is 4.79. The van der Waals surface area contributed by atoms with E-state index in [2.05, 4.69) is 4.98 Å². The van der Waals surface area contributed by atoms with Gasteiger partial charge in [0.25, 0.3) is 5.91 Å². The number of ether oxygens (including phenoxy) is 2. The topological polar surface area (TPSA) is 71.6 Å². The molecule has 2 fully saturated rings. The molecule has 19 heavy (non-hydrogen) atoms. The fourth-order valence-electron chi connectivity index (χ4n) is 2.65. The summed E-state index contributed by atoms with van der Waals surface area (Å²) in [5.41, 5.74) is -0.103. The number of nitrogens with zero attached hydrogens (tertiary/aromatic N) is 1. The Morgan fingerprint density at radius 1 is 1.37 bits per heavy atom. The zero-order valence-corrected chi connectivity index (χ0v) is 10.6. The molecule has 1 aromatic heterocycles. The Kier molecular flexibility index (Phi) is 3.12. The highest BCUT2D eigenvalue weighted by Gasteiger charge is 2.42. The van der Waals surface area contributed by atoms with Crippen molar-refractivity contribution in [2.75, 3.05) is 26.3 Å². The van der Waals surface area contributed by atoms with Crippen molar-refractivity contribution in [3.05, 3.63) is 34.2 Å². The maximum Gasteiger partial charge on any atom is 0.259 e. The second-order valence-corrected chi connectivity index (χ2v) is 4.86. The summed E-state index contributed by atoms with van der Waals surface area (Å²) in [6, 6.07) is 1.36. The SMILES string of the molecule is O=C(c1c[nH]ccc1=O)N1CCCC2(C1)OCCO2. The van der Waals surface area contributed by atoms with E-state index in [4.69, 9.17) is 9.47 Å². The van der Waals surface area contributed by atoms with Gasteiger partial charge in [0.2, 0.25) is 0 Å². The Labute approximate surface area is 110 Å². The van der Waals surface area contributed by atoms with Gasteiger partial charge < -0.3 is 19.4 Å². The average Bonchev–Trinajstić information content (AvgIpc) is 2.86. The molecule has 0 aromatic carbocycles. The Hall–Kier alpha value is -1.66. The number of pyridine rings is 1. The standard InChI is InChI=1S/C13H16N2O4/c16-11-2-4-14-8-10(11)12(17)15-5-1-3-13(9-15)18-6-7-19-13/h2,4,8H,1,3,5-7,9H2,(H,14,16).